The fraction of sp³-hybridized carbons (Fsp3) is 0.467. The van der Waals surface area contributed by atoms with Crippen LogP contribution in [0.1, 0.15) is 46.5 Å². The van der Waals surface area contributed by atoms with Crippen molar-refractivity contribution >= 4 is 30.7 Å². The second-order valence-corrected chi connectivity index (χ2v) is 15.2. The highest BCUT2D eigenvalue weighted by Gasteiger charge is 2.50. The Morgan fingerprint density at radius 3 is 2.29 bits per heavy atom. The van der Waals surface area contributed by atoms with Gasteiger partial charge in [-0.3, -0.25) is 4.79 Å². The lowest BCUT2D eigenvalue weighted by molar-refractivity contribution is -0.134. The van der Waals surface area contributed by atoms with Crippen molar-refractivity contribution < 1.29 is 18.8 Å². The van der Waals surface area contributed by atoms with Gasteiger partial charge in [0.2, 0.25) is 5.91 Å². The van der Waals surface area contributed by atoms with Crippen molar-refractivity contribution in [2.24, 2.45) is 5.73 Å². The molecule has 0 spiro atoms. The van der Waals surface area contributed by atoms with Crippen LogP contribution in [0, 0.1) is 0 Å². The first-order valence-electron chi connectivity index (χ1n) is 13.5. The van der Waals surface area contributed by atoms with Crippen molar-refractivity contribution in [3.05, 3.63) is 73.3 Å². The Morgan fingerprint density at radius 1 is 1.13 bits per heavy atom. The molecule has 0 unspecified atom stereocenters. The number of rotatable bonds is 12. The van der Waals surface area contributed by atoms with Crippen LogP contribution in [0.4, 0.5) is 4.79 Å². The summed E-state index contributed by atoms with van der Waals surface area (Å²) in [7, 11) is -2.68. The zero-order valence-corrected chi connectivity index (χ0v) is 24.0. The number of nitrogens with zero attached hydrogens (tertiary/aromatic N) is 1. The second kappa shape index (κ2) is 13.7. The lowest BCUT2D eigenvalue weighted by Gasteiger charge is -2.44. The quantitative estimate of drug-likeness (QED) is 0.245. The lowest BCUT2D eigenvalue weighted by Crippen LogP contribution is -2.67. The molecule has 206 valence electrons. The number of nitrogens with two attached hydrogens (primary N) is 1. The summed E-state index contributed by atoms with van der Waals surface area (Å²) in [4.78, 5) is 26.8. The van der Waals surface area contributed by atoms with E-state index in [1.54, 1.807) is 0 Å². The molecule has 1 fully saturated rings. The summed E-state index contributed by atoms with van der Waals surface area (Å²) >= 11 is 0. The Bertz CT molecular complexity index is 1000. The minimum Gasteiger partial charge on any atom is -0.445 e. The van der Waals surface area contributed by atoms with E-state index in [1.165, 1.54) is 16.4 Å². The molecule has 0 radical (unpaired) electrons. The highest BCUT2D eigenvalue weighted by molar-refractivity contribution is 6.99. The third kappa shape index (κ3) is 7.12. The second-order valence-electron chi connectivity index (χ2n) is 10.9. The summed E-state index contributed by atoms with van der Waals surface area (Å²) in [5, 5.41) is 5.00. The number of ether oxygens (including phenoxy) is 1. The topological polar surface area (TPSA) is 93.9 Å². The number of hydrogen-bond donors (Lipinski definition) is 2. The van der Waals surface area contributed by atoms with Crippen molar-refractivity contribution in [1.82, 2.24) is 10.2 Å². The van der Waals surface area contributed by atoms with Gasteiger partial charge < -0.3 is 25.1 Å². The molecule has 2 aromatic carbocycles. The van der Waals surface area contributed by atoms with Gasteiger partial charge in [-0.15, -0.1) is 0 Å². The van der Waals surface area contributed by atoms with Crippen molar-refractivity contribution in [3.8, 4) is 0 Å². The third-order valence-electron chi connectivity index (χ3n) is 7.18. The van der Waals surface area contributed by atoms with Gasteiger partial charge in [-0.2, -0.15) is 0 Å². The molecular weight excluding hydrogens is 494 g/mol. The largest absolute Gasteiger partial charge is 0.445 e. The number of benzene rings is 2. The fourth-order valence-electron chi connectivity index (χ4n) is 5.32. The molecule has 8 heteroatoms. The highest BCUT2D eigenvalue weighted by atomic mass is 28.4. The van der Waals surface area contributed by atoms with Crippen molar-refractivity contribution in [2.45, 2.75) is 63.6 Å². The number of alkyl carbamates (subject to hydrolysis) is 1. The molecule has 1 heterocycles. The molecule has 0 aromatic heterocycles. The normalized spacial score (nSPS) is 16.6. The fourth-order valence-corrected chi connectivity index (χ4v) is 9.91. The van der Waals surface area contributed by atoms with Gasteiger partial charge in [0.1, 0.15) is 6.61 Å². The summed E-state index contributed by atoms with van der Waals surface area (Å²) in [5.74, 6) is -0.0484. The van der Waals surface area contributed by atoms with E-state index in [9.17, 15) is 9.59 Å². The summed E-state index contributed by atoms with van der Waals surface area (Å²) in [6.45, 7) is 12.0. The summed E-state index contributed by atoms with van der Waals surface area (Å²) in [5.41, 5.74) is 6.31. The molecule has 2 atom stereocenters. The van der Waals surface area contributed by atoms with Crippen LogP contribution in [0.15, 0.2) is 73.3 Å². The van der Waals surface area contributed by atoms with E-state index in [1.807, 2.05) is 17.0 Å². The molecule has 2 aromatic rings. The van der Waals surface area contributed by atoms with Crippen molar-refractivity contribution in [2.75, 3.05) is 26.3 Å². The van der Waals surface area contributed by atoms with E-state index in [2.05, 4.69) is 81.2 Å². The number of amides is 2. The molecular formula is C30H43N3O4Si. The first-order valence-corrected chi connectivity index (χ1v) is 15.4. The first kappa shape index (κ1) is 29.6. The minimum absolute atomic E-state index is 0.0118. The maximum Gasteiger partial charge on any atom is 0.407 e. The van der Waals surface area contributed by atoms with Crippen LogP contribution in [-0.2, 0) is 14.0 Å². The van der Waals surface area contributed by atoms with Crippen LogP contribution in [0.2, 0.25) is 5.04 Å². The lowest BCUT2D eigenvalue weighted by atomic mass is 10.1. The van der Waals surface area contributed by atoms with Crippen LogP contribution in [-0.4, -0.2) is 63.6 Å². The van der Waals surface area contributed by atoms with E-state index >= 15 is 0 Å². The number of hydrogen-bond acceptors (Lipinski definition) is 5. The SMILES string of the molecule is C=CCOC(=O)NCCC[C@H](N)C(=O)N1CCC[C@H]1CO[Si](c1ccccc1)(c1ccccc1)C(C)(C)C. The molecule has 1 aliphatic heterocycles. The molecule has 1 saturated heterocycles. The standard InChI is InChI=1S/C30H43N3O4Si/c1-5-22-36-29(35)32-20-12-19-27(31)28(34)33-21-13-14-24(33)23-37-38(30(2,3)4,25-15-8-6-9-16-25)26-17-10-7-11-18-26/h5-11,15-18,24,27H,1,12-14,19-23,31H2,2-4H3,(H,32,35)/t24-,27-/m0/s1. The van der Waals surface area contributed by atoms with E-state index in [0.29, 0.717) is 32.5 Å². The Labute approximate surface area is 228 Å². The number of carbonyl (C=O) groups is 2. The van der Waals surface area contributed by atoms with Gasteiger partial charge in [-0.25, -0.2) is 4.79 Å². The molecule has 38 heavy (non-hydrogen) atoms. The zero-order valence-electron chi connectivity index (χ0n) is 23.0. The van der Waals surface area contributed by atoms with Crippen LogP contribution in [0.5, 0.6) is 0 Å². The van der Waals surface area contributed by atoms with Crippen LogP contribution in [0.3, 0.4) is 0 Å². The predicted molar refractivity (Wildman–Crippen MR) is 155 cm³/mol. The molecule has 0 aliphatic carbocycles. The maximum absolute atomic E-state index is 13.3. The number of likely N-dealkylation sites (tertiary alicyclic amines) is 1. The van der Waals surface area contributed by atoms with Gasteiger partial charge in [0.05, 0.1) is 18.7 Å². The maximum atomic E-state index is 13.3. The summed E-state index contributed by atoms with van der Waals surface area (Å²) < 4.78 is 12.0. The first-order chi connectivity index (χ1) is 18.2. The van der Waals surface area contributed by atoms with E-state index in [4.69, 9.17) is 14.9 Å². The van der Waals surface area contributed by atoms with Crippen LogP contribution < -0.4 is 21.4 Å². The van der Waals surface area contributed by atoms with Gasteiger partial charge in [0.15, 0.2) is 0 Å². The highest BCUT2D eigenvalue weighted by Crippen LogP contribution is 2.37. The Hall–Kier alpha value is -2.94. The van der Waals surface area contributed by atoms with Crippen LogP contribution >= 0.6 is 0 Å². The van der Waals surface area contributed by atoms with E-state index in [0.717, 1.165) is 12.8 Å². The van der Waals surface area contributed by atoms with Gasteiger partial charge in [-0.05, 0) is 41.1 Å². The third-order valence-corrected chi connectivity index (χ3v) is 12.2. The summed E-state index contributed by atoms with van der Waals surface area (Å²) in [6, 6.07) is 20.5. The van der Waals surface area contributed by atoms with Crippen molar-refractivity contribution in [1.29, 1.82) is 0 Å². The molecule has 2 amide bonds. The molecule has 1 aliphatic rings. The van der Waals surface area contributed by atoms with Gasteiger partial charge >= 0.3 is 6.09 Å². The van der Waals surface area contributed by atoms with Gasteiger partial charge in [-0.1, -0.05) is 94.1 Å². The molecule has 0 saturated carbocycles. The molecule has 0 bridgehead atoms. The summed E-state index contributed by atoms with van der Waals surface area (Å²) in [6.07, 6.45) is 3.92. The number of carbonyl (C=O) groups excluding carboxylic acids is 2. The van der Waals surface area contributed by atoms with E-state index in [-0.39, 0.29) is 23.6 Å². The number of nitrogens with one attached hydrogen (secondary N) is 1. The average molecular weight is 538 g/mol. The smallest absolute Gasteiger partial charge is 0.407 e. The molecule has 3 rings (SSSR count). The Balaban J connectivity index is 1.69. The van der Waals surface area contributed by atoms with Crippen LogP contribution in [0.25, 0.3) is 0 Å². The Kier molecular flexibility index (Phi) is 10.7. The molecule has 3 N–H and O–H groups in total. The monoisotopic (exact) mass is 537 g/mol. The predicted octanol–water partition coefficient (Wildman–Crippen LogP) is 3.57. The van der Waals surface area contributed by atoms with E-state index < -0.39 is 20.5 Å². The van der Waals surface area contributed by atoms with Gasteiger partial charge in [0.25, 0.3) is 8.32 Å². The molecule has 7 nitrogen and oxygen atoms in total. The Morgan fingerprint density at radius 2 is 1.74 bits per heavy atom. The minimum atomic E-state index is -2.68. The van der Waals surface area contributed by atoms with Gasteiger partial charge in [0, 0.05) is 13.1 Å². The zero-order chi connectivity index (χ0) is 27.6. The average Bonchev–Trinajstić information content (AvgIpc) is 3.38. The van der Waals surface area contributed by atoms with Crippen molar-refractivity contribution in [3.63, 3.8) is 0 Å².